The second-order valence-electron chi connectivity index (χ2n) is 1.89. The third-order valence-corrected chi connectivity index (χ3v) is 1.67. The fraction of sp³-hybridized carbons (Fsp3) is 0. The molecule has 1 aromatic heterocycles. The Morgan fingerprint density at radius 3 is 2.75 bits per heavy atom. The number of hydrogen-bond acceptors (Lipinski definition) is 4. The molecule has 0 unspecified atom stereocenters. The first kappa shape index (κ1) is 9.25. The van der Waals surface area contributed by atoms with Crippen LogP contribution in [0.4, 0.5) is 0 Å². The van der Waals surface area contributed by atoms with Crippen molar-refractivity contribution in [1.82, 2.24) is 4.98 Å². The van der Waals surface area contributed by atoms with Crippen LogP contribution in [-0.4, -0.2) is 11.0 Å². The van der Waals surface area contributed by atoms with Gasteiger partial charge in [-0.1, -0.05) is 23.2 Å². The average Bonchev–Trinajstić information content (AvgIpc) is 2.03. The third kappa shape index (κ3) is 1.85. The molecule has 0 aromatic carbocycles. The van der Waals surface area contributed by atoms with Gasteiger partial charge in [0, 0.05) is 6.20 Å². The average molecular weight is 207 g/mol. The molecule has 0 aliphatic rings. The van der Waals surface area contributed by atoms with Gasteiger partial charge in [0.15, 0.2) is 0 Å². The summed E-state index contributed by atoms with van der Waals surface area (Å²) in [5, 5.41) is 0.360. The molecule has 0 fully saturated rings. The summed E-state index contributed by atoms with van der Waals surface area (Å²) in [6.45, 7) is 0. The first-order valence-electron chi connectivity index (χ1n) is 2.87. The maximum atomic E-state index is 10.8. The number of hydrogen-bond donors (Lipinski definition) is 1. The third-order valence-electron chi connectivity index (χ3n) is 1.15. The van der Waals surface area contributed by atoms with Crippen molar-refractivity contribution in [1.29, 1.82) is 0 Å². The minimum Gasteiger partial charge on any atom is -0.370 e. The van der Waals surface area contributed by atoms with Crippen molar-refractivity contribution in [2.75, 3.05) is 0 Å². The zero-order valence-corrected chi connectivity index (χ0v) is 7.26. The summed E-state index contributed by atoms with van der Waals surface area (Å²) in [6.07, 6.45) is 1.19. The Morgan fingerprint density at radius 2 is 2.25 bits per heavy atom. The number of halogens is 2. The smallest absolute Gasteiger partial charge is 0.359 e. The van der Waals surface area contributed by atoms with Crippen LogP contribution in [0.15, 0.2) is 12.3 Å². The Balaban J connectivity index is 3.09. The molecule has 2 N–H and O–H groups in total. The van der Waals surface area contributed by atoms with Gasteiger partial charge in [0.2, 0.25) is 0 Å². The predicted octanol–water partition coefficient (Wildman–Crippen LogP) is 1.42. The lowest BCUT2D eigenvalue weighted by Crippen LogP contribution is -2.10. The Kier molecular flexibility index (Phi) is 2.86. The standard InChI is InChI=1S/C6H4Cl2N2O2/c7-4-1-5(8)10-2-3(4)6(11)12-9/h1-2H,9H2. The van der Waals surface area contributed by atoms with E-state index in [0.717, 1.165) is 0 Å². The van der Waals surface area contributed by atoms with Gasteiger partial charge in [-0.3, -0.25) is 0 Å². The van der Waals surface area contributed by atoms with Gasteiger partial charge in [-0.05, 0) is 6.07 Å². The van der Waals surface area contributed by atoms with Crippen molar-refractivity contribution in [2.24, 2.45) is 5.90 Å². The van der Waals surface area contributed by atoms with Crippen LogP contribution in [0.1, 0.15) is 10.4 Å². The highest BCUT2D eigenvalue weighted by Crippen LogP contribution is 2.18. The normalized spacial score (nSPS) is 9.58. The van der Waals surface area contributed by atoms with E-state index < -0.39 is 5.97 Å². The Labute approximate surface area is 78.2 Å². The number of nitrogens with zero attached hydrogens (tertiary/aromatic N) is 1. The van der Waals surface area contributed by atoms with Crippen LogP contribution >= 0.6 is 23.2 Å². The minimum absolute atomic E-state index is 0.0866. The van der Waals surface area contributed by atoms with Crippen LogP contribution in [0.5, 0.6) is 0 Å². The Hall–Kier alpha value is -0.840. The van der Waals surface area contributed by atoms with Gasteiger partial charge in [0.1, 0.15) is 5.15 Å². The van der Waals surface area contributed by atoms with Gasteiger partial charge in [-0.25, -0.2) is 9.78 Å². The van der Waals surface area contributed by atoms with E-state index in [1.807, 2.05) is 0 Å². The number of carbonyl (C=O) groups excluding carboxylic acids is 1. The molecule has 0 spiro atoms. The summed E-state index contributed by atoms with van der Waals surface area (Å²) in [7, 11) is 0. The molecule has 12 heavy (non-hydrogen) atoms. The molecular weight excluding hydrogens is 203 g/mol. The number of aromatic nitrogens is 1. The zero-order chi connectivity index (χ0) is 9.14. The molecule has 1 rings (SSSR count). The topological polar surface area (TPSA) is 65.2 Å². The van der Waals surface area contributed by atoms with Gasteiger partial charge in [-0.15, -0.1) is 0 Å². The van der Waals surface area contributed by atoms with Crippen LogP contribution in [0.25, 0.3) is 0 Å². The van der Waals surface area contributed by atoms with Gasteiger partial charge < -0.3 is 4.84 Å². The molecule has 0 aliphatic heterocycles. The Morgan fingerprint density at radius 1 is 1.58 bits per heavy atom. The summed E-state index contributed by atoms with van der Waals surface area (Å²) in [5.41, 5.74) is 0.0866. The van der Waals surface area contributed by atoms with Crippen molar-refractivity contribution in [3.63, 3.8) is 0 Å². The molecule has 0 saturated carbocycles. The highest BCUT2D eigenvalue weighted by molar-refractivity contribution is 6.35. The summed E-state index contributed by atoms with van der Waals surface area (Å²) in [5.74, 6) is 3.90. The zero-order valence-electron chi connectivity index (χ0n) is 5.75. The molecule has 0 radical (unpaired) electrons. The lowest BCUT2D eigenvalue weighted by atomic mass is 10.3. The summed E-state index contributed by atoms with van der Waals surface area (Å²) < 4.78 is 0. The minimum atomic E-state index is -0.746. The lowest BCUT2D eigenvalue weighted by molar-refractivity contribution is 0.0503. The van der Waals surface area contributed by atoms with Gasteiger partial charge in [0.05, 0.1) is 10.6 Å². The highest BCUT2D eigenvalue weighted by atomic mass is 35.5. The first-order chi connectivity index (χ1) is 5.65. The number of carbonyl (C=O) groups is 1. The Bertz CT molecular complexity index is 316. The first-order valence-corrected chi connectivity index (χ1v) is 3.63. The van der Waals surface area contributed by atoms with Crippen LogP contribution in [0, 0.1) is 0 Å². The number of nitrogens with two attached hydrogens (primary N) is 1. The van der Waals surface area contributed by atoms with Crippen molar-refractivity contribution >= 4 is 29.2 Å². The van der Waals surface area contributed by atoms with E-state index >= 15 is 0 Å². The van der Waals surface area contributed by atoms with Crippen LogP contribution in [0.3, 0.4) is 0 Å². The SMILES string of the molecule is NOC(=O)c1cnc(Cl)cc1Cl. The molecule has 4 nitrogen and oxygen atoms in total. The van der Waals surface area contributed by atoms with E-state index in [1.165, 1.54) is 12.3 Å². The van der Waals surface area contributed by atoms with Crippen LogP contribution in [-0.2, 0) is 4.84 Å². The van der Waals surface area contributed by atoms with Crippen molar-refractivity contribution < 1.29 is 9.63 Å². The summed E-state index contributed by atoms with van der Waals surface area (Å²) in [6, 6.07) is 1.33. The monoisotopic (exact) mass is 206 g/mol. The number of pyridine rings is 1. The predicted molar refractivity (Wildman–Crippen MR) is 43.9 cm³/mol. The summed E-state index contributed by atoms with van der Waals surface area (Å²) >= 11 is 11.1. The maximum absolute atomic E-state index is 10.8. The molecule has 0 amide bonds. The van der Waals surface area contributed by atoms with Crippen molar-refractivity contribution in [3.05, 3.63) is 28.0 Å². The molecule has 0 aliphatic carbocycles. The van der Waals surface area contributed by atoms with Crippen molar-refractivity contribution in [3.8, 4) is 0 Å². The lowest BCUT2D eigenvalue weighted by Gasteiger charge is -1.99. The van der Waals surface area contributed by atoms with E-state index in [0.29, 0.717) is 0 Å². The van der Waals surface area contributed by atoms with E-state index in [2.05, 4.69) is 15.7 Å². The second kappa shape index (κ2) is 3.71. The van der Waals surface area contributed by atoms with Crippen LogP contribution in [0.2, 0.25) is 10.2 Å². The molecule has 0 atom stereocenters. The van der Waals surface area contributed by atoms with E-state index in [4.69, 9.17) is 23.2 Å². The molecule has 6 heteroatoms. The maximum Gasteiger partial charge on any atom is 0.359 e. The number of rotatable bonds is 1. The van der Waals surface area contributed by atoms with Gasteiger partial charge in [0.25, 0.3) is 0 Å². The summed E-state index contributed by atoms with van der Waals surface area (Å²) in [4.78, 5) is 18.4. The fourth-order valence-electron chi connectivity index (χ4n) is 0.621. The molecule has 1 heterocycles. The molecular formula is C6H4Cl2N2O2. The van der Waals surface area contributed by atoms with Crippen molar-refractivity contribution in [2.45, 2.75) is 0 Å². The van der Waals surface area contributed by atoms with E-state index in [9.17, 15) is 4.79 Å². The highest BCUT2D eigenvalue weighted by Gasteiger charge is 2.11. The van der Waals surface area contributed by atoms with Gasteiger partial charge in [-0.2, -0.15) is 5.90 Å². The largest absolute Gasteiger partial charge is 0.370 e. The molecule has 64 valence electrons. The van der Waals surface area contributed by atoms with E-state index in [1.54, 1.807) is 0 Å². The molecule has 0 saturated heterocycles. The second-order valence-corrected chi connectivity index (χ2v) is 2.69. The van der Waals surface area contributed by atoms with E-state index in [-0.39, 0.29) is 15.7 Å². The molecule has 1 aromatic rings. The fourth-order valence-corrected chi connectivity index (χ4v) is 1.06. The van der Waals surface area contributed by atoms with Gasteiger partial charge >= 0.3 is 5.97 Å². The quantitative estimate of drug-likeness (QED) is 0.558. The van der Waals surface area contributed by atoms with Crippen LogP contribution < -0.4 is 5.90 Å². The molecule has 0 bridgehead atoms.